The van der Waals surface area contributed by atoms with Crippen molar-refractivity contribution in [3.05, 3.63) is 166 Å². The minimum absolute atomic E-state index is 0.0171. The quantitative estimate of drug-likeness (QED) is 0.203. The molecule has 1 saturated carbocycles. The maximum Gasteiger partial charge on any atom is 0.0473 e. The molecular weight excluding hydrogens is 667 g/mol. The van der Waals surface area contributed by atoms with Crippen LogP contribution in [0.5, 0.6) is 0 Å². The largest absolute Gasteiger partial charge is 0.365 e. The van der Waals surface area contributed by atoms with Crippen molar-refractivity contribution < 1.29 is 0 Å². The van der Waals surface area contributed by atoms with Crippen LogP contribution in [0.4, 0.5) is 0 Å². The maximum atomic E-state index is 3.02. The van der Waals surface area contributed by atoms with Crippen LogP contribution in [0.25, 0.3) is 12.2 Å². The molecular formula is C52H57NSi. The number of hydrogen-bond donors (Lipinski definition) is 0. The molecule has 2 aromatic carbocycles. The van der Waals surface area contributed by atoms with E-state index in [0.29, 0.717) is 29.8 Å². The van der Waals surface area contributed by atoms with Crippen LogP contribution in [0.3, 0.4) is 0 Å². The highest BCUT2D eigenvalue weighted by Crippen LogP contribution is 2.62. The molecule has 0 N–H and O–H groups in total. The lowest BCUT2D eigenvalue weighted by molar-refractivity contribution is 0.117. The van der Waals surface area contributed by atoms with Gasteiger partial charge in [0.15, 0.2) is 0 Å². The van der Waals surface area contributed by atoms with Gasteiger partial charge in [0.1, 0.15) is 0 Å². The molecule has 9 unspecified atom stereocenters. The number of hydrogen-bond acceptors (Lipinski definition) is 1. The minimum atomic E-state index is -0.0171. The summed E-state index contributed by atoms with van der Waals surface area (Å²) in [5.74, 6) is 3.01. The topological polar surface area (TPSA) is 3.24 Å². The van der Waals surface area contributed by atoms with Crippen molar-refractivity contribution in [2.75, 3.05) is 0 Å². The molecule has 0 saturated heterocycles. The van der Waals surface area contributed by atoms with Crippen LogP contribution in [-0.2, 0) is 18.3 Å². The van der Waals surface area contributed by atoms with Gasteiger partial charge in [-0.05, 0) is 140 Å². The second-order valence-corrected chi connectivity index (χ2v) is 18.8. The summed E-state index contributed by atoms with van der Waals surface area (Å²) in [6.07, 6.45) is 52.0. The van der Waals surface area contributed by atoms with E-state index in [0.717, 1.165) is 26.9 Å². The highest BCUT2D eigenvalue weighted by atomic mass is 28.2. The van der Waals surface area contributed by atoms with Crippen LogP contribution in [-0.4, -0.2) is 26.5 Å². The summed E-state index contributed by atoms with van der Waals surface area (Å²) >= 11 is 0. The van der Waals surface area contributed by atoms with Gasteiger partial charge in [0.2, 0.25) is 0 Å². The fourth-order valence-corrected chi connectivity index (χ4v) is 14.1. The van der Waals surface area contributed by atoms with E-state index in [1.807, 2.05) is 0 Å². The van der Waals surface area contributed by atoms with Crippen molar-refractivity contribution in [1.82, 2.24) is 4.90 Å². The molecule has 0 aromatic heterocycles. The predicted octanol–water partition coefficient (Wildman–Crippen LogP) is 12.4. The first kappa shape index (κ1) is 34.6. The summed E-state index contributed by atoms with van der Waals surface area (Å²) < 4.78 is 0. The van der Waals surface area contributed by atoms with Crippen LogP contribution in [0.2, 0.25) is 12.1 Å². The van der Waals surface area contributed by atoms with Crippen molar-refractivity contribution >= 4 is 21.7 Å². The van der Waals surface area contributed by atoms with Gasteiger partial charge < -0.3 is 4.90 Å². The van der Waals surface area contributed by atoms with Crippen molar-refractivity contribution in [1.29, 1.82) is 0 Å². The third-order valence-corrected chi connectivity index (χ3v) is 16.5. The molecule has 274 valence electrons. The third-order valence-electron chi connectivity index (χ3n) is 15.1. The second kappa shape index (κ2) is 14.6. The van der Waals surface area contributed by atoms with Gasteiger partial charge in [-0.3, -0.25) is 0 Å². The molecule has 0 aliphatic heterocycles. The number of benzene rings is 2. The zero-order valence-corrected chi connectivity index (χ0v) is 33.3. The van der Waals surface area contributed by atoms with Crippen molar-refractivity contribution in [2.45, 2.75) is 107 Å². The smallest absolute Gasteiger partial charge is 0.0473 e. The Morgan fingerprint density at radius 1 is 0.704 bits per heavy atom. The molecule has 0 heterocycles. The van der Waals surface area contributed by atoms with E-state index in [1.54, 1.807) is 28.0 Å². The zero-order valence-electron chi connectivity index (χ0n) is 32.3. The summed E-state index contributed by atoms with van der Waals surface area (Å²) in [4.78, 5) is 3.02. The van der Waals surface area contributed by atoms with E-state index >= 15 is 0 Å². The molecule has 0 bridgehead atoms. The first-order chi connectivity index (χ1) is 26.7. The monoisotopic (exact) mass is 723 g/mol. The Balaban J connectivity index is 1.02. The first-order valence-corrected chi connectivity index (χ1v) is 23.1. The van der Waals surface area contributed by atoms with E-state index in [2.05, 4.69) is 145 Å². The summed E-state index contributed by atoms with van der Waals surface area (Å²) in [7, 11) is 1.01. The third kappa shape index (κ3) is 5.77. The van der Waals surface area contributed by atoms with Crippen LogP contribution in [0.15, 0.2) is 138 Å². The standard InChI is InChI=1S/C52H57NSi/c1-54-51-35-43(31-33-46(51)36-14-4-2-5-15-36)53(42-30-32-45-38(34-42)25-24-37-16-8-9-19-44(37)45)41-28-26-40(27-29-41)52(39-17-6-3-7-18-39)49-22-12-10-20-47(49)48-21-11-13-23-50(48)52/h2-8,10,12-14,16-18,20,22-26,28,34,36,40-41,43,46-47,49,51H,9,11,15,19,21,27,29-33,35H2,1H3. The maximum absolute atomic E-state index is 3.02. The fourth-order valence-electron chi connectivity index (χ4n) is 12.8. The van der Waals surface area contributed by atoms with Gasteiger partial charge in [0.25, 0.3) is 0 Å². The molecule has 8 aliphatic rings. The molecule has 2 radical (unpaired) electrons. The lowest BCUT2D eigenvalue weighted by Crippen LogP contribution is -2.48. The SMILES string of the molecule is C[Si]C1CC(N(C2=Cc3ccc4c(c3CC2)CCC=C4)C2C=CC(C3(c4ccccc4)C4=C(CCC=C4)C4C=CC=CC43)CC2)CCC1C1C=CC=CC1. The van der Waals surface area contributed by atoms with Gasteiger partial charge in [0.05, 0.1) is 0 Å². The van der Waals surface area contributed by atoms with Gasteiger partial charge >= 0.3 is 0 Å². The summed E-state index contributed by atoms with van der Waals surface area (Å²) in [5, 5.41) is 0. The summed E-state index contributed by atoms with van der Waals surface area (Å²) in [5.41, 5.74) is 13.5. The Hall–Kier alpha value is -3.88. The van der Waals surface area contributed by atoms with E-state index < -0.39 is 0 Å². The number of rotatable bonds is 7. The van der Waals surface area contributed by atoms with Crippen LogP contribution in [0.1, 0.15) is 92.0 Å². The van der Waals surface area contributed by atoms with Crippen LogP contribution >= 0.6 is 0 Å². The highest BCUT2D eigenvalue weighted by Gasteiger charge is 2.56. The average Bonchev–Trinajstić information content (AvgIpc) is 3.55. The molecule has 2 heteroatoms. The Bertz CT molecular complexity index is 2030. The lowest BCUT2D eigenvalue weighted by Gasteiger charge is -2.50. The highest BCUT2D eigenvalue weighted by molar-refractivity contribution is 6.35. The molecule has 8 aliphatic carbocycles. The lowest BCUT2D eigenvalue weighted by atomic mass is 9.57. The number of nitrogens with zero attached hydrogens (tertiary/aromatic N) is 1. The average molecular weight is 724 g/mol. The Kier molecular flexibility index (Phi) is 9.38. The number of fused-ring (bicyclic) bond motifs is 5. The summed E-state index contributed by atoms with van der Waals surface area (Å²) in [6.45, 7) is 2.50. The van der Waals surface area contributed by atoms with Gasteiger partial charge in [-0.25, -0.2) is 0 Å². The molecule has 0 amide bonds. The Labute approximate surface area is 327 Å². The van der Waals surface area contributed by atoms with Gasteiger partial charge in [-0.15, -0.1) is 0 Å². The van der Waals surface area contributed by atoms with E-state index in [4.69, 9.17) is 0 Å². The fraction of sp³-hybridized carbons (Fsp3) is 0.423. The van der Waals surface area contributed by atoms with Crippen LogP contribution in [0, 0.1) is 29.6 Å². The molecule has 10 rings (SSSR count). The van der Waals surface area contributed by atoms with E-state index in [-0.39, 0.29) is 5.41 Å². The minimum Gasteiger partial charge on any atom is -0.365 e. The second-order valence-electron chi connectivity index (χ2n) is 17.5. The Morgan fingerprint density at radius 3 is 2.39 bits per heavy atom. The van der Waals surface area contributed by atoms with Gasteiger partial charge in [-0.1, -0.05) is 140 Å². The van der Waals surface area contributed by atoms with Gasteiger partial charge in [0, 0.05) is 44.6 Å². The normalized spacial score (nSPS) is 34.6. The zero-order chi connectivity index (χ0) is 36.1. The van der Waals surface area contributed by atoms with Crippen LogP contribution < -0.4 is 0 Å². The molecule has 1 nitrogen and oxygen atoms in total. The van der Waals surface area contributed by atoms with Crippen molar-refractivity contribution in [3.63, 3.8) is 0 Å². The molecule has 2 aromatic rings. The summed E-state index contributed by atoms with van der Waals surface area (Å²) in [6, 6.07) is 17.6. The van der Waals surface area contributed by atoms with E-state index in [1.165, 1.54) is 93.7 Å². The molecule has 54 heavy (non-hydrogen) atoms. The van der Waals surface area contributed by atoms with Crippen molar-refractivity contribution in [2.24, 2.45) is 29.6 Å². The molecule has 9 atom stereocenters. The molecule has 0 spiro atoms. The number of allylic oxidation sites excluding steroid dienone is 15. The molecule has 1 fully saturated rings. The first-order valence-electron chi connectivity index (χ1n) is 21.5. The van der Waals surface area contributed by atoms with E-state index in [9.17, 15) is 0 Å². The predicted molar refractivity (Wildman–Crippen MR) is 229 cm³/mol. The van der Waals surface area contributed by atoms with Gasteiger partial charge in [-0.2, -0.15) is 0 Å². The Morgan fingerprint density at radius 2 is 1.54 bits per heavy atom. The van der Waals surface area contributed by atoms with Crippen molar-refractivity contribution in [3.8, 4) is 0 Å².